The van der Waals surface area contributed by atoms with Crippen molar-refractivity contribution >= 4 is 22.8 Å². The van der Waals surface area contributed by atoms with Crippen molar-refractivity contribution in [1.29, 1.82) is 0 Å². The van der Waals surface area contributed by atoms with E-state index in [0.717, 1.165) is 0 Å². The number of ether oxygens (including phenoxy) is 1. The highest BCUT2D eigenvalue weighted by atomic mass is 16.6. The van der Waals surface area contributed by atoms with Crippen LogP contribution in [0.15, 0.2) is 47.4 Å². The highest BCUT2D eigenvalue weighted by molar-refractivity contribution is 5.76. The summed E-state index contributed by atoms with van der Waals surface area (Å²) in [5.41, 5.74) is 0.279. The van der Waals surface area contributed by atoms with Gasteiger partial charge >= 0.3 is 11.7 Å². The number of hydrogen-bond donors (Lipinski definition) is 1. The van der Waals surface area contributed by atoms with Crippen molar-refractivity contribution in [2.24, 2.45) is 0 Å². The number of aromatic amines is 1. The first-order valence-corrected chi connectivity index (χ1v) is 6.53. The molecule has 0 unspecified atom stereocenters. The van der Waals surface area contributed by atoms with E-state index >= 15 is 0 Å². The van der Waals surface area contributed by atoms with Gasteiger partial charge in [0, 0.05) is 18.3 Å². The lowest BCUT2D eigenvalue weighted by Crippen LogP contribution is -2.24. The summed E-state index contributed by atoms with van der Waals surface area (Å²) in [6, 6.07) is 8.38. The van der Waals surface area contributed by atoms with Crippen LogP contribution in [0.1, 0.15) is 0 Å². The number of esters is 1. The average molecular weight is 314 g/mol. The van der Waals surface area contributed by atoms with Crippen LogP contribution in [0.5, 0.6) is 5.75 Å². The van der Waals surface area contributed by atoms with Crippen molar-refractivity contribution in [2.75, 3.05) is 0 Å². The minimum Gasteiger partial charge on any atom is -0.425 e. The van der Waals surface area contributed by atoms with E-state index in [4.69, 9.17) is 4.74 Å². The topological polar surface area (TPSA) is 120 Å². The van der Waals surface area contributed by atoms with Gasteiger partial charge in [0.25, 0.3) is 5.69 Å². The van der Waals surface area contributed by atoms with Crippen LogP contribution in [0.4, 0.5) is 5.69 Å². The number of aromatic nitrogens is 3. The van der Waals surface area contributed by atoms with Gasteiger partial charge in [-0.05, 0) is 24.3 Å². The molecule has 3 aromatic rings. The van der Waals surface area contributed by atoms with Gasteiger partial charge in [0.1, 0.15) is 12.3 Å². The van der Waals surface area contributed by atoms with Gasteiger partial charge in [-0.3, -0.25) is 19.7 Å². The third kappa shape index (κ3) is 2.93. The van der Waals surface area contributed by atoms with Crippen molar-refractivity contribution in [3.05, 3.63) is 63.2 Å². The van der Waals surface area contributed by atoms with Gasteiger partial charge in [-0.2, -0.15) is 0 Å². The molecule has 0 aliphatic heterocycles. The van der Waals surface area contributed by atoms with E-state index in [1.807, 2.05) is 0 Å². The lowest BCUT2D eigenvalue weighted by Gasteiger charge is -2.05. The average Bonchev–Trinajstić information content (AvgIpc) is 2.84. The van der Waals surface area contributed by atoms with Crippen molar-refractivity contribution in [2.45, 2.75) is 6.54 Å². The van der Waals surface area contributed by atoms with Crippen LogP contribution in [-0.2, 0) is 11.3 Å². The lowest BCUT2D eigenvalue weighted by atomic mass is 10.3. The fraction of sp³-hybridized carbons (Fsp3) is 0.0714. The van der Waals surface area contributed by atoms with E-state index < -0.39 is 16.6 Å². The van der Waals surface area contributed by atoms with Gasteiger partial charge in [-0.1, -0.05) is 0 Å². The Bertz CT molecular complexity index is 942. The third-order valence-corrected chi connectivity index (χ3v) is 3.11. The molecule has 0 spiro atoms. The van der Waals surface area contributed by atoms with Crippen LogP contribution in [0, 0.1) is 10.1 Å². The Kier molecular flexibility index (Phi) is 3.59. The number of nitro benzene ring substituents is 1. The molecule has 2 heterocycles. The summed E-state index contributed by atoms with van der Waals surface area (Å²) < 4.78 is 6.28. The van der Waals surface area contributed by atoms with Crippen LogP contribution in [0.3, 0.4) is 0 Å². The monoisotopic (exact) mass is 314 g/mol. The Balaban J connectivity index is 1.77. The minimum absolute atomic E-state index is 0.108. The summed E-state index contributed by atoms with van der Waals surface area (Å²) in [4.78, 5) is 40.3. The van der Waals surface area contributed by atoms with Gasteiger partial charge < -0.3 is 4.74 Å². The number of pyridine rings is 1. The molecule has 2 aromatic heterocycles. The number of nitrogens with one attached hydrogen (secondary N) is 1. The Morgan fingerprint density at radius 1 is 1.30 bits per heavy atom. The normalized spacial score (nSPS) is 10.6. The fourth-order valence-corrected chi connectivity index (χ4v) is 2.07. The number of carbonyl (C=O) groups is 1. The first-order valence-electron chi connectivity index (χ1n) is 6.53. The molecule has 1 N–H and O–H groups in total. The van der Waals surface area contributed by atoms with E-state index in [1.165, 1.54) is 35.0 Å². The molecule has 0 aliphatic carbocycles. The van der Waals surface area contributed by atoms with Crippen molar-refractivity contribution < 1.29 is 14.5 Å². The standard InChI is InChI=1S/C14H10N4O5/c19-12(23-10-5-3-9(4-6-10)18(21)22)8-17-11-2-1-7-15-13(11)16-14(17)20/h1-7H,8H2,(H,15,16,20). The van der Waals surface area contributed by atoms with Gasteiger partial charge in [0.15, 0.2) is 5.65 Å². The molecular weight excluding hydrogens is 304 g/mol. The molecule has 0 saturated carbocycles. The maximum atomic E-state index is 11.9. The van der Waals surface area contributed by atoms with Crippen molar-refractivity contribution in [3.8, 4) is 5.75 Å². The summed E-state index contributed by atoms with van der Waals surface area (Å²) in [7, 11) is 0. The number of H-pyrrole nitrogens is 1. The summed E-state index contributed by atoms with van der Waals surface area (Å²) in [5, 5.41) is 10.6. The van der Waals surface area contributed by atoms with Gasteiger partial charge in [-0.15, -0.1) is 0 Å². The van der Waals surface area contributed by atoms with Gasteiger partial charge in [0.05, 0.1) is 10.4 Å². The molecule has 3 rings (SSSR count). The lowest BCUT2D eigenvalue weighted by molar-refractivity contribution is -0.384. The zero-order chi connectivity index (χ0) is 16.4. The van der Waals surface area contributed by atoms with E-state index in [2.05, 4.69) is 9.97 Å². The van der Waals surface area contributed by atoms with Crippen LogP contribution < -0.4 is 10.4 Å². The number of non-ortho nitro benzene ring substituents is 1. The molecule has 116 valence electrons. The van der Waals surface area contributed by atoms with Crippen molar-refractivity contribution in [3.63, 3.8) is 0 Å². The van der Waals surface area contributed by atoms with E-state index in [0.29, 0.717) is 11.2 Å². The highest BCUT2D eigenvalue weighted by Crippen LogP contribution is 2.17. The number of nitro groups is 1. The smallest absolute Gasteiger partial charge is 0.331 e. The highest BCUT2D eigenvalue weighted by Gasteiger charge is 2.13. The maximum Gasteiger partial charge on any atom is 0.331 e. The second-order valence-electron chi connectivity index (χ2n) is 4.61. The fourth-order valence-electron chi connectivity index (χ4n) is 2.07. The Morgan fingerprint density at radius 2 is 2.04 bits per heavy atom. The van der Waals surface area contributed by atoms with Gasteiger partial charge in [-0.25, -0.2) is 14.6 Å². The number of imidazole rings is 1. The first-order chi connectivity index (χ1) is 11.0. The number of benzene rings is 1. The zero-order valence-electron chi connectivity index (χ0n) is 11.6. The molecule has 9 heteroatoms. The zero-order valence-corrected chi connectivity index (χ0v) is 11.6. The predicted octanol–water partition coefficient (Wildman–Crippen LogP) is 1.24. The molecular formula is C14H10N4O5. The summed E-state index contributed by atoms with van der Waals surface area (Å²) in [6.07, 6.45) is 1.53. The van der Waals surface area contributed by atoms with Crippen molar-refractivity contribution in [1.82, 2.24) is 14.5 Å². The van der Waals surface area contributed by atoms with Crippen LogP contribution >= 0.6 is 0 Å². The predicted molar refractivity (Wildman–Crippen MR) is 79.1 cm³/mol. The molecule has 0 atom stereocenters. The quantitative estimate of drug-likeness (QED) is 0.335. The summed E-state index contributed by atoms with van der Waals surface area (Å²) in [5.74, 6) is -0.516. The molecule has 0 amide bonds. The van der Waals surface area contributed by atoms with Gasteiger partial charge in [0.2, 0.25) is 0 Å². The summed E-state index contributed by atoms with van der Waals surface area (Å²) in [6.45, 7) is -0.304. The van der Waals surface area contributed by atoms with E-state index in [9.17, 15) is 19.7 Å². The van der Waals surface area contributed by atoms with E-state index in [1.54, 1.807) is 12.1 Å². The molecule has 1 aromatic carbocycles. The maximum absolute atomic E-state index is 11.9. The second kappa shape index (κ2) is 5.72. The second-order valence-corrected chi connectivity index (χ2v) is 4.61. The molecule has 23 heavy (non-hydrogen) atoms. The minimum atomic E-state index is -0.675. The number of carbonyl (C=O) groups excluding carboxylic acids is 1. The molecule has 9 nitrogen and oxygen atoms in total. The molecule has 0 radical (unpaired) electrons. The Hall–Kier alpha value is -3.49. The molecule has 0 bridgehead atoms. The number of rotatable bonds is 4. The number of fused-ring (bicyclic) bond motifs is 1. The number of hydrogen-bond acceptors (Lipinski definition) is 6. The number of nitrogens with zero attached hydrogens (tertiary/aromatic N) is 3. The summed E-state index contributed by atoms with van der Waals surface area (Å²) >= 11 is 0. The molecule has 0 fully saturated rings. The van der Waals surface area contributed by atoms with Crippen LogP contribution in [0.25, 0.3) is 11.2 Å². The third-order valence-electron chi connectivity index (χ3n) is 3.11. The van der Waals surface area contributed by atoms with Crippen LogP contribution in [0.2, 0.25) is 0 Å². The first kappa shape index (κ1) is 14.4. The van der Waals surface area contributed by atoms with E-state index in [-0.39, 0.29) is 18.0 Å². The molecule has 0 saturated heterocycles. The Morgan fingerprint density at radius 3 is 2.74 bits per heavy atom. The SMILES string of the molecule is O=C(Cn1c(=O)[nH]c2ncccc21)Oc1ccc([N+](=O)[O-])cc1. The molecule has 0 aliphatic rings. The largest absolute Gasteiger partial charge is 0.425 e. The van der Waals surface area contributed by atoms with Crippen LogP contribution in [-0.4, -0.2) is 25.4 Å². The Labute approximate surface area is 128 Å².